The van der Waals surface area contributed by atoms with Crippen LogP contribution in [0.1, 0.15) is 25.0 Å². The third-order valence-electron chi connectivity index (χ3n) is 3.58. The van der Waals surface area contributed by atoms with Crippen LogP contribution in [0.25, 0.3) is 10.9 Å². The molecule has 4 nitrogen and oxygen atoms in total. The van der Waals surface area contributed by atoms with Crippen LogP contribution >= 0.6 is 0 Å². The van der Waals surface area contributed by atoms with Crippen molar-refractivity contribution in [3.8, 4) is 11.6 Å². The fourth-order valence-corrected chi connectivity index (χ4v) is 2.57. The lowest BCUT2D eigenvalue weighted by atomic mass is 9.98. The minimum atomic E-state index is 0.526. The Hall–Kier alpha value is -2.49. The number of nitrogens with zero attached hydrogens (tertiary/aromatic N) is 3. The van der Waals surface area contributed by atoms with Gasteiger partial charge in [-0.25, -0.2) is 0 Å². The number of para-hydroxylation sites is 1. The molecule has 0 aliphatic rings. The predicted octanol–water partition coefficient (Wildman–Crippen LogP) is 3.94. The number of rotatable bonds is 4. The fraction of sp³-hybridized carbons (Fsp3) is 0.235. The molecule has 1 heterocycles. The largest absolute Gasteiger partial charge is 0.437 e. The molecule has 3 rings (SSSR count). The van der Waals surface area contributed by atoms with Crippen LogP contribution in [0.2, 0.25) is 0 Å². The first-order chi connectivity index (χ1) is 10.3. The van der Waals surface area contributed by atoms with Gasteiger partial charge >= 0.3 is 0 Å². The van der Waals surface area contributed by atoms with Crippen LogP contribution in [-0.2, 0) is 12.8 Å². The number of hydrogen-bond acceptors (Lipinski definition) is 4. The van der Waals surface area contributed by atoms with Gasteiger partial charge in [-0.05, 0) is 47.4 Å². The molecule has 2 aromatic carbocycles. The summed E-state index contributed by atoms with van der Waals surface area (Å²) in [6, 6.07) is 13.7. The Morgan fingerprint density at radius 2 is 1.71 bits per heavy atom. The minimum Gasteiger partial charge on any atom is -0.437 e. The molecule has 0 atom stereocenters. The van der Waals surface area contributed by atoms with Crippen LogP contribution in [0.15, 0.2) is 42.5 Å². The lowest BCUT2D eigenvalue weighted by molar-refractivity contribution is 0.458. The highest BCUT2D eigenvalue weighted by Gasteiger charge is 2.13. The van der Waals surface area contributed by atoms with Crippen LogP contribution in [0.4, 0.5) is 0 Å². The molecule has 106 valence electrons. The van der Waals surface area contributed by atoms with E-state index in [1.807, 2.05) is 36.4 Å². The van der Waals surface area contributed by atoms with Crippen molar-refractivity contribution in [3.05, 3.63) is 53.6 Å². The normalized spacial score (nSPS) is 10.8. The molecule has 0 spiro atoms. The Morgan fingerprint density at radius 1 is 0.905 bits per heavy atom. The number of benzene rings is 2. The fourth-order valence-electron chi connectivity index (χ4n) is 2.57. The summed E-state index contributed by atoms with van der Waals surface area (Å²) >= 11 is 0. The maximum Gasteiger partial charge on any atom is 0.250 e. The topological polar surface area (TPSA) is 47.9 Å². The van der Waals surface area contributed by atoms with Crippen molar-refractivity contribution in [1.29, 1.82) is 0 Å². The second kappa shape index (κ2) is 5.87. The molecule has 0 radical (unpaired) electrons. The van der Waals surface area contributed by atoms with Crippen molar-refractivity contribution in [1.82, 2.24) is 15.4 Å². The van der Waals surface area contributed by atoms with Crippen LogP contribution < -0.4 is 4.74 Å². The van der Waals surface area contributed by atoms with E-state index < -0.39 is 0 Å². The smallest absolute Gasteiger partial charge is 0.250 e. The zero-order valence-corrected chi connectivity index (χ0v) is 12.2. The molecule has 0 bridgehead atoms. The van der Waals surface area contributed by atoms with Gasteiger partial charge in [0.05, 0.1) is 5.39 Å². The van der Waals surface area contributed by atoms with Crippen molar-refractivity contribution in [2.75, 3.05) is 0 Å². The average molecular weight is 279 g/mol. The van der Waals surface area contributed by atoms with Gasteiger partial charge in [-0.15, -0.1) is 5.10 Å². The average Bonchev–Trinajstić information content (AvgIpc) is 2.55. The van der Waals surface area contributed by atoms with E-state index in [9.17, 15) is 0 Å². The molecule has 0 saturated carbocycles. The van der Waals surface area contributed by atoms with Crippen molar-refractivity contribution >= 4 is 10.9 Å². The van der Waals surface area contributed by atoms with Crippen LogP contribution in [0.3, 0.4) is 0 Å². The molecule has 0 saturated heterocycles. The summed E-state index contributed by atoms with van der Waals surface area (Å²) < 4.78 is 5.92. The number of fused-ring (bicyclic) bond motifs is 1. The van der Waals surface area contributed by atoms with Crippen molar-refractivity contribution < 1.29 is 4.74 Å². The Bertz CT molecular complexity index is 757. The quantitative estimate of drug-likeness (QED) is 0.725. The van der Waals surface area contributed by atoms with Crippen LogP contribution in [-0.4, -0.2) is 15.4 Å². The molecule has 0 aliphatic carbocycles. The van der Waals surface area contributed by atoms with Gasteiger partial charge in [0.1, 0.15) is 11.3 Å². The zero-order valence-electron chi connectivity index (χ0n) is 12.2. The summed E-state index contributed by atoms with van der Waals surface area (Å²) in [5.74, 6) is 1.28. The molecular formula is C17H17N3O. The zero-order chi connectivity index (χ0) is 14.7. The molecular weight excluding hydrogens is 262 g/mol. The Balaban J connectivity index is 2.18. The van der Waals surface area contributed by atoms with E-state index in [1.54, 1.807) is 0 Å². The summed E-state index contributed by atoms with van der Waals surface area (Å²) in [5, 5.41) is 13.0. The van der Waals surface area contributed by atoms with Gasteiger partial charge in [-0.2, -0.15) is 0 Å². The first-order valence-electron chi connectivity index (χ1n) is 7.20. The predicted molar refractivity (Wildman–Crippen MR) is 82.6 cm³/mol. The number of ether oxygens (including phenoxy) is 1. The Morgan fingerprint density at radius 3 is 2.43 bits per heavy atom. The Kier molecular flexibility index (Phi) is 3.77. The summed E-state index contributed by atoms with van der Waals surface area (Å²) in [7, 11) is 0. The highest BCUT2D eigenvalue weighted by molar-refractivity contribution is 5.87. The first kappa shape index (κ1) is 13.5. The standard InChI is InChI=1S/C17H17N3O/c1-3-12-10-11-15-16(14(12)4-2)17(19-20-18-15)21-13-8-6-5-7-9-13/h5-11H,3-4H2,1-2H3. The van der Waals surface area contributed by atoms with Gasteiger partial charge in [0, 0.05) is 0 Å². The number of aryl methyl sites for hydroxylation is 2. The molecule has 0 aliphatic heterocycles. The van der Waals surface area contributed by atoms with Crippen LogP contribution in [0.5, 0.6) is 11.6 Å². The third-order valence-corrected chi connectivity index (χ3v) is 3.58. The van der Waals surface area contributed by atoms with E-state index in [2.05, 4.69) is 35.3 Å². The van der Waals surface area contributed by atoms with Crippen molar-refractivity contribution in [2.45, 2.75) is 26.7 Å². The summed E-state index contributed by atoms with van der Waals surface area (Å²) in [6.07, 6.45) is 1.89. The van der Waals surface area contributed by atoms with Gasteiger partial charge in [0.2, 0.25) is 0 Å². The lowest BCUT2D eigenvalue weighted by Gasteiger charge is -2.12. The van der Waals surface area contributed by atoms with Crippen molar-refractivity contribution in [3.63, 3.8) is 0 Å². The van der Waals surface area contributed by atoms with E-state index >= 15 is 0 Å². The van der Waals surface area contributed by atoms with E-state index in [0.717, 1.165) is 29.5 Å². The van der Waals surface area contributed by atoms with E-state index in [-0.39, 0.29) is 0 Å². The molecule has 4 heteroatoms. The Labute approximate surface area is 123 Å². The lowest BCUT2D eigenvalue weighted by Crippen LogP contribution is -2.00. The van der Waals surface area contributed by atoms with Gasteiger partial charge in [-0.3, -0.25) is 0 Å². The summed E-state index contributed by atoms with van der Waals surface area (Å²) in [6.45, 7) is 4.29. The van der Waals surface area contributed by atoms with E-state index in [1.165, 1.54) is 11.1 Å². The molecule has 0 unspecified atom stereocenters. The molecule has 21 heavy (non-hydrogen) atoms. The SMILES string of the molecule is CCc1ccc2nnnc(Oc3ccccc3)c2c1CC. The second-order valence-electron chi connectivity index (χ2n) is 4.81. The van der Waals surface area contributed by atoms with Gasteiger partial charge in [0.25, 0.3) is 5.88 Å². The monoisotopic (exact) mass is 279 g/mol. The highest BCUT2D eigenvalue weighted by atomic mass is 16.5. The molecule has 0 amide bonds. The minimum absolute atomic E-state index is 0.526. The van der Waals surface area contributed by atoms with Crippen LogP contribution in [0, 0.1) is 0 Å². The van der Waals surface area contributed by atoms with E-state index in [4.69, 9.17) is 4.74 Å². The van der Waals surface area contributed by atoms with E-state index in [0.29, 0.717) is 5.88 Å². The first-order valence-corrected chi connectivity index (χ1v) is 7.20. The summed E-state index contributed by atoms with van der Waals surface area (Å²) in [5.41, 5.74) is 3.37. The molecule has 0 fully saturated rings. The second-order valence-corrected chi connectivity index (χ2v) is 4.81. The summed E-state index contributed by atoms with van der Waals surface area (Å²) in [4.78, 5) is 0. The molecule has 1 aromatic heterocycles. The van der Waals surface area contributed by atoms with Gasteiger partial charge < -0.3 is 4.74 Å². The third kappa shape index (κ3) is 2.57. The number of aromatic nitrogens is 3. The van der Waals surface area contributed by atoms with Gasteiger partial charge in [-0.1, -0.05) is 43.2 Å². The van der Waals surface area contributed by atoms with Crippen molar-refractivity contribution in [2.24, 2.45) is 0 Å². The maximum absolute atomic E-state index is 5.92. The van der Waals surface area contributed by atoms with Gasteiger partial charge in [0.15, 0.2) is 0 Å². The molecule has 3 aromatic rings. The number of hydrogen-bond donors (Lipinski definition) is 0. The highest BCUT2D eigenvalue weighted by Crippen LogP contribution is 2.31. The maximum atomic E-state index is 5.92. The molecule has 0 N–H and O–H groups in total.